The monoisotopic (exact) mass is 214 g/mol. The van der Waals surface area contributed by atoms with Gasteiger partial charge in [-0.2, -0.15) is 0 Å². The number of unbranched alkanes of at least 4 members (excludes halogenated alkanes) is 5. The van der Waals surface area contributed by atoms with Gasteiger partial charge in [-0.15, -0.1) is 0 Å². The molecule has 0 aliphatic heterocycles. The number of hydrogen-bond donors (Lipinski definition) is 1. The summed E-state index contributed by atoms with van der Waals surface area (Å²) in [7, 11) is 4.28. The molecule has 0 aliphatic rings. The van der Waals surface area contributed by atoms with Gasteiger partial charge in [0.05, 0.1) is 0 Å². The van der Waals surface area contributed by atoms with Crippen LogP contribution in [0.2, 0.25) is 0 Å². The molecule has 0 spiro atoms. The summed E-state index contributed by atoms with van der Waals surface area (Å²) in [5.74, 6) is 0. The summed E-state index contributed by atoms with van der Waals surface area (Å²) in [6.45, 7) is 5.99. The maximum absolute atomic E-state index is 3.19. The smallest absolute Gasteiger partial charge is 0.00218 e. The van der Waals surface area contributed by atoms with Crippen molar-refractivity contribution in [3.8, 4) is 0 Å². The second kappa shape index (κ2) is 12.0. The average molecular weight is 214 g/mol. The second-order valence-electron chi connectivity index (χ2n) is 4.53. The van der Waals surface area contributed by atoms with E-state index < -0.39 is 0 Å². The quantitative estimate of drug-likeness (QED) is 0.532. The van der Waals surface area contributed by atoms with Crippen molar-refractivity contribution in [3.63, 3.8) is 0 Å². The molecule has 2 nitrogen and oxygen atoms in total. The lowest BCUT2D eigenvalue weighted by Crippen LogP contribution is -2.20. The molecule has 0 saturated carbocycles. The maximum Gasteiger partial charge on any atom is -0.00218 e. The van der Waals surface area contributed by atoms with Gasteiger partial charge in [-0.25, -0.2) is 0 Å². The minimum atomic E-state index is 1.18. The van der Waals surface area contributed by atoms with E-state index in [1.165, 1.54) is 64.6 Å². The first-order valence-electron chi connectivity index (χ1n) is 6.64. The Kier molecular flexibility index (Phi) is 11.9. The zero-order valence-electron chi connectivity index (χ0n) is 11.0. The van der Waals surface area contributed by atoms with Crippen LogP contribution in [0.5, 0.6) is 0 Å². The predicted octanol–water partition coefficient (Wildman–Crippen LogP) is 2.89. The lowest BCUT2D eigenvalue weighted by Gasteiger charge is -2.15. The fourth-order valence-electron chi connectivity index (χ4n) is 1.75. The maximum atomic E-state index is 3.19. The highest BCUT2D eigenvalue weighted by Gasteiger charge is 1.96. The molecular weight excluding hydrogens is 184 g/mol. The van der Waals surface area contributed by atoms with Crippen molar-refractivity contribution in [1.82, 2.24) is 10.2 Å². The van der Waals surface area contributed by atoms with E-state index in [0.29, 0.717) is 0 Å². The highest BCUT2D eigenvalue weighted by Crippen LogP contribution is 2.03. The Hall–Kier alpha value is -0.0800. The van der Waals surface area contributed by atoms with Crippen LogP contribution in [0.4, 0.5) is 0 Å². The predicted molar refractivity (Wildman–Crippen MR) is 69.4 cm³/mol. The zero-order chi connectivity index (χ0) is 11.4. The Balaban J connectivity index is 3.02. The first-order chi connectivity index (χ1) is 7.31. The van der Waals surface area contributed by atoms with Crippen LogP contribution in [0, 0.1) is 0 Å². The molecule has 0 saturated heterocycles. The van der Waals surface area contributed by atoms with Crippen molar-refractivity contribution in [2.75, 3.05) is 33.7 Å². The summed E-state index contributed by atoms with van der Waals surface area (Å²) in [6.07, 6.45) is 9.57. The van der Waals surface area contributed by atoms with Gasteiger partial charge in [0.1, 0.15) is 0 Å². The normalized spacial score (nSPS) is 11.2. The molecule has 0 bridgehead atoms. The first-order valence-corrected chi connectivity index (χ1v) is 6.64. The molecule has 0 atom stereocenters. The van der Waals surface area contributed by atoms with Crippen molar-refractivity contribution in [2.24, 2.45) is 0 Å². The van der Waals surface area contributed by atoms with E-state index in [1.807, 2.05) is 7.05 Å². The van der Waals surface area contributed by atoms with Gasteiger partial charge in [0.15, 0.2) is 0 Å². The van der Waals surface area contributed by atoms with E-state index in [4.69, 9.17) is 0 Å². The van der Waals surface area contributed by atoms with E-state index in [1.54, 1.807) is 0 Å². The third kappa shape index (κ3) is 11.8. The summed E-state index contributed by atoms with van der Waals surface area (Å²) in [4.78, 5) is 2.47. The topological polar surface area (TPSA) is 15.3 Å². The van der Waals surface area contributed by atoms with Crippen LogP contribution in [0.15, 0.2) is 0 Å². The van der Waals surface area contributed by atoms with Crippen molar-refractivity contribution in [2.45, 2.75) is 51.9 Å². The molecule has 0 amide bonds. The number of hydrogen-bond acceptors (Lipinski definition) is 2. The van der Waals surface area contributed by atoms with Crippen LogP contribution in [0.1, 0.15) is 51.9 Å². The van der Waals surface area contributed by atoms with Crippen LogP contribution >= 0.6 is 0 Å². The fourth-order valence-corrected chi connectivity index (χ4v) is 1.75. The third-order valence-electron chi connectivity index (χ3n) is 2.86. The molecule has 0 aromatic heterocycles. The van der Waals surface area contributed by atoms with Gasteiger partial charge in [-0.3, -0.25) is 0 Å². The number of rotatable bonds is 11. The van der Waals surface area contributed by atoms with Crippen LogP contribution in [0.3, 0.4) is 0 Å². The molecule has 1 N–H and O–H groups in total. The van der Waals surface area contributed by atoms with Crippen molar-refractivity contribution >= 4 is 0 Å². The van der Waals surface area contributed by atoms with Crippen LogP contribution < -0.4 is 5.32 Å². The SMILES string of the molecule is CCCCN(C)CCCCCCCNC. The zero-order valence-corrected chi connectivity index (χ0v) is 11.0. The van der Waals surface area contributed by atoms with Crippen LogP contribution in [-0.4, -0.2) is 38.6 Å². The molecule has 0 heterocycles. The van der Waals surface area contributed by atoms with Gasteiger partial charge in [0.25, 0.3) is 0 Å². The van der Waals surface area contributed by atoms with Crippen molar-refractivity contribution < 1.29 is 0 Å². The van der Waals surface area contributed by atoms with E-state index in [0.717, 1.165) is 0 Å². The van der Waals surface area contributed by atoms with E-state index in [-0.39, 0.29) is 0 Å². The number of nitrogens with one attached hydrogen (secondary N) is 1. The second-order valence-corrected chi connectivity index (χ2v) is 4.53. The van der Waals surface area contributed by atoms with E-state index in [9.17, 15) is 0 Å². The lowest BCUT2D eigenvalue weighted by molar-refractivity contribution is 0.318. The van der Waals surface area contributed by atoms with E-state index >= 15 is 0 Å². The van der Waals surface area contributed by atoms with Crippen LogP contribution in [0.25, 0.3) is 0 Å². The summed E-state index contributed by atoms with van der Waals surface area (Å²) in [6, 6.07) is 0. The van der Waals surface area contributed by atoms with Crippen molar-refractivity contribution in [1.29, 1.82) is 0 Å². The highest BCUT2D eigenvalue weighted by atomic mass is 15.1. The summed E-state index contributed by atoms with van der Waals surface area (Å²) < 4.78 is 0. The molecule has 0 aromatic carbocycles. The van der Waals surface area contributed by atoms with Crippen LogP contribution in [-0.2, 0) is 0 Å². The molecule has 0 rings (SSSR count). The Labute approximate surface area is 96.4 Å². The Morgan fingerprint density at radius 1 is 0.867 bits per heavy atom. The molecule has 0 aliphatic carbocycles. The molecule has 0 aromatic rings. The van der Waals surface area contributed by atoms with Crippen molar-refractivity contribution in [3.05, 3.63) is 0 Å². The number of nitrogens with zero attached hydrogens (tertiary/aromatic N) is 1. The molecule has 0 radical (unpaired) electrons. The summed E-state index contributed by atoms with van der Waals surface area (Å²) in [5, 5.41) is 3.19. The lowest BCUT2D eigenvalue weighted by atomic mass is 10.1. The Bertz CT molecular complexity index is 115. The fraction of sp³-hybridized carbons (Fsp3) is 1.00. The Morgan fingerprint density at radius 3 is 2.13 bits per heavy atom. The largest absolute Gasteiger partial charge is 0.320 e. The molecular formula is C13H30N2. The van der Waals surface area contributed by atoms with Gasteiger partial charge in [0, 0.05) is 0 Å². The van der Waals surface area contributed by atoms with Gasteiger partial charge >= 0.3 is 0 Å². The van der Waals surface area contributed by atoms with E-state index in [2.05, 4.69) is 24.2 Å². The Morgan fingerprint density at radius 2 is 1.47 bits per heavy atom. The molecule has 0 unspecified atom stereocenters. The van der Waals surface area contributed by atoms with Gasteiger partial charge in [-0.05, 0) is 53.0 Å². The molecule has 0 fully saturated rings. The molecule has 15 heavy (non-hydrogen) atoms. The minimum Gasteiger partial charge on any atom is -0.320 e. The summed E-state index contributed by atoms with van der Waals surface area (Å²) >= 11 is 0. The van der Waals surface area contributed by atoms with Gasteiger partial charge in [-0.1, -0.05) is 32.6 Å². The highest BCUT2D eigenvalue weighted by molar-refractivity contribution is 4.52. The molecule has 2 heteroatoms. The average Bonchev–Trinajstić information content (AvgIpc) is 2.25. The summed E-state index contributed by atoms with van der Waals surface area (Å²) in [5.41, 5.74) is 0. The minimum absolute atomic E-state index is 1.18. The van der Waals surface area contributed by atoms with Gasteiger partial charge in [0.2, 0.25) is 0 Å². The standard InChI is InChI=1S/C13H30N2/c1-4-5-12-15(3)13-10-8-6-7-9-11-14-2/h14H,4-13H2,1-3H3. The third-order valence-corrected chi connectivity index (χ3v) is 2.86. The molecule has 92 valence electrons. The van der Waals surface area contributed by atoms with Gasteiger partial charge < -0.3 is 10.2 Å². The first kappa shape index (κ1) is 14.9.